The molecule has 2 aliphatic rings. The number of hydrogen-bond donors (Lipinski definition) is 1. The van der Waals surface area contributed by atoms with Gasteiger partial charge in [0.1, 0.15) is 17.7 Å². The summed E-state index contributed by atoms with van der Waals surface area (Å²) in [5.41, 5.74) is 2.92. The van der Waals surface area contributed by atoms with Crippen LogP contribution in [0.15, 0.2) is 67.0 Å². The molecule has 0 spiro atoms. The third-order valence-electron chi connectivity index (χ3n) is 5.16. The largest absolute Gasteiger partial charge is 0.489 e. The Balaban J connectivity index is 1.21. The van der Waals surface area contributed by atoms with Crippen molar-refractivity contribution < 1.29 is 13.9 Å². The summed E-state index contributed by atoms with van der Waals surface area (Å²) in [6.07, 6.45) is 3.83. The van der Waals surface area contributed by atoms with E-state index in [2.05, 4.69) is 5.32 Å². The van der Waals surface area contributed by atoms with E-state index in [1.54, 1.807) is 6.07 Å². The van der Waals surface area contributed by atoms with E-state index in [4.69, 9.17) is 4.74 Å². The van der Waals surface area contributed by atoms with Crippen LogP contribution in [-0.4, -0.2) is 16.6 Å². The first-order valence-corrected chi connectivity index (χ1v) is 8.67. The lowest BCUT2D eigenvalue weighted by Crippen LogP contribution is -2.27. The molecule has 4 nitrogen and oxygen atoms in total. The molecule has 2 aromatic carbocycles. The quantitative estimate of drug-likeness (QED) is 0.785. The van der Waals surface area contributed by atoms with Gasteiger partial charge in [0, 0.05) is 36.1 Å². The molecule has 0 bridgehead atoms. The maximum absolute atomic E-state index is 13.4. The molecule has 1 N–H and O–H groups in total. The molecule has 0 saturated heterocycles. The van der Waals surface area contributed by atoms with Crippen molar-refractivity contribution in [1.82, 2.24) is 9.88 Å². The molecule has 5 heteroatoms. The van der Waals surface area contributed by atoms with E-state index in [9.17, 15) is 9.18 Å². The number of nitrogens with one attached hydrogen (secondary N) is 1. The number of rotatable bonds is 4. The van der Waals surface area contributed by atoms with Crippen LogP contribution >= 0.6 is 0 Å². The second kappa shape index (κ2) is 5.73. The van der Waals surface area contributed by atoms with Crippen molar-refractivity contribution in [2.24, 2.45) is 5.92 Å². The van der Waals surface area contributed by atoms with E-state index in [1.165, 1.54) is 12.1 Å². The Bertz CT molecular complexity index is 966. The van der Waals surface area contributed by atoms with Gasteiger partial charge in [0.25, 0.3) is 0 Å². The molecule has 0 radical (unpaired) electrons. The SMILES string of the molecule is O=C(NCc1ccc(-n2cccc2)cc1)C1C2Oc3ccc(F)cc3C21. The van der Waals surface area contributed by atoms with Crippen molar-refractivity contribution in [3.05, 3.63) is 83.9 Å². The highest BCUT2D eigenvalue weighted by atomic mass is 19.1. The van der Waals surface area contributed by atoms with E-state index in [1.807, 2.05) is 53.4 Å². The molecule has 1 aliphatic carbocycles. The van der Waals surface area contributed by atoms with Gasteiger partial charge in [-0.2, -0.15) is 0 Å². The van der Waals surface area contributed by atoms with Gasteiger partial charge in [-0.15, -0.1) is 0 Å². The van der Waals surface area contributed by atoms with Crippen molar-refractivity contribution in [1.29, 1.82) is 0 Å². The van der Waals surface area contributed by atoms with E-state index in [0.717, 1.165) is 16.8 Å². The topological polar surface area (TPSA) is 43.3 Å². The summed E-state index contributed by atoms with van der Waals surface area (Å²) in [4.78, 5) is 12.5. The van der Waals surface area contributed by atoms with Gasteiger partial charge >= 0.3 is 0 Å². The molecule has 3 unspecified atom stereocenters. The van der Waals surface area contributed by atoms with Gasteiger partial charge < -0.3 is 14.6 Å². The maximum Gasteiger partial charge on any atom is 0.227 e. The zero-order valence-corrected chi connectivity index (χ0v) is 13.9. The molecule has 3 atom stereocenters. The highest BCUT2D eigenvalue weighted by molar-refractivity contribution is 5.85. The minimum atomic E-state index is -0.290. The first kappa shape index (κ1) is 15.2. The molecule has 5 rings (SSSR count). The molecular formula is C21H17FN2O2. The standard InChI is InChI=1S/C21H17FN2O2/c22-14-5-8-17-16(11-14)18-19(20(18)26-17)21(25)23-12-13-3-6-15(7-4-13)24-9-1-2-10-24/h1-11,18-20H,12H2,(H,23,25). The zero-order chi connectivity index (χ0) is 17.7. The van der Waals surface area contributed by atoms with E-state index in [0.29, 0.717) is 12.3 Å². The van der Waals surface area contributed by atoms with Gasteiger partial charge in [-0.25, -0.2) is 4.39 Å². The van der Waals surface area contributed by atoms with Crippen LogP contribution in [0.1, 0.15) is 17.0 Å². The Morgan fingerprint density at radius 1 is 1.12 bits per heavy atom. The van der Waals surface area contributed by atoms with Crippen LogP contribution in [0.5, 0.6) is 5.75 Å². The number of fused-ring (bicyclic) bond motifs is 3. The highest BCUT2D eigenvalue weighted by Gasteiger charge is 2.62. The van der Waals surface area contributed by atoms with Crippen LogP contribution < -0.4 is 10.1 Å². The van der Waals surface area contributed by atoms with Crippen LogP contribution in [0.2, 0.25) is 0 Å². The number of hydrogen-bond acceptors (Lipinski definition) is 2. The summed E-state index contributed by atoms with van der Waals surface area (Å²) in [6, 6.07) is 16.5. The average molecular weight is 348 g/mol. The number of carbonyl (C=O) groups excluding carboxylic acids is 1. The molecule has 1 fully saturated rings. The molecular weight excluding hydrogens is 331 g/mol. The lowest BCUT2D eigenvalue weighted by atomic mass is 10.1. The Morgan fingerprint density at radius 3 is 2.65 bits per heavy atom. The third kappa shape index (κ3) is 2.47. The number of benzene rings is 2. The molecule has 26 heavy (non-hydrogen) atoms. The molecule has 130 valence electrons. The minimum Gasteiger partial charge on any atom is -0.489 e. The molecule has 1 amide bonds. The first-order chi connectivity index (χ1) is 12.7. The van der Waals surface area contributed by atoms with Crippen LogP contribution in [0, 0.1) is 11.7 Å². The summed E-state index contributed by atoms with van der Waals surface area (Å²) >= 11 is 0. The van der Waals surface area contributed by atoms with Gasteiger partial charge in [0.15, 0.2) is 0 Å². The van der Waals surface area contributed by atoms with E-state index in [-0.39, 0.29) is 29.7 Å². The first-order valence-electron chi connectivity index (χ1n) is 8.67. The van der Waals surface area contributed by atoms with Gasteiger partial charge in [-0.05, 0) is 48.0 Å². The molecule has 1 saturated carbocycles. The average Bonchev–Trinajstić information content (AvgIpc) is 3.00. The Kier molecular flexibility index (Phi) is 3.35. The van der Waals surface area contributed by atoms with Crippen molar-refractivity contribution in [2.75, 3.05) is 0 Å². The smallest absolute Gasteiger partial charge is 0.227 e. The lowest BCUT2D eigenvalue weighted by Gasteiger charge is -2.10. The lowest BCUT2D eigenvalue weighted by molar-refractivity contribution is -0.123. The van der Waals surface area contributed by atoms with Crippen LogP contribution in [-0.2, 0) is 11.3 Å². The van der Waals surface area contributed by atoms with Crippen LogP contribution in [0.4, 0.5) is 4.39 Å². The third-order valence-corrected chi connectivity index (χ3v) is 5.16. The Morgan fingerprint density at radius 2 is 1.88 bits per heavy atom. The molecule has 1 aliphatic heterocycles. The summed E-state index contributed by atoms with van der Waals surface area (Å²) < 4.78 is 21.2. The predicted octanol–water partition coefficient (Wildman–Crippen LogP) is 3.41. The van der Waals surface area contributed by atoms with Crippen LogP contribution in [0.3, 0.4) is 0 Å². The number of halogens is 1. The summed E-state index contributed by atoms with van der Waals surface area (Å²) in [5.74, 6) is 0.137. The van der Waals surface area contributed by atoms with Crippen molar-refractivity contribution in [3.8, 4) is 11.4 Å². The number of carbonyl (C=O) groups is 1. The molecule has 1 aromatic heterocycles. The predicted molar refractivity (Wildman–Crippen MR) is 94.7 cm³/mol. The fraction of sp³-hybridized carbons (Fsp3) is 0.190. The van der Waals surface area contributed by atoms with Crippen molar-refractivity contribution >= 4 is 5.91 Å². The minimum absolute atomic E-state index is 0.0168. The highest BCUT2D eigenvalue weighted by Crippen LogP contribution is 2.58. The monoisotopic (exact) mass is 348 g/mol. The van der Waals surface area contributed by atoms with Crippen LogP contribution in [0.25, 0.3) is 5.69 Å². The fourth-order valence-corrected chi connectivity index (χ4v) is 3.75. The second-order valence-electron chi connectivity index (χ2n) is 6.79. The molecule has 3 aromatic rings. The normalized spacial score (nSPS) is 22.3. The summed E-state index contributed by atoms with van der Waals surface area (Å²) in [7, 11) is 0. The Hall–Kier alpha value is -3.08. The van der Waals surface area contributed by atoms with E-state index < -0.39 is 0 Å². The number of nitrogens with zero attached hydrogens (tertiary/aromatic N) is 1. The van der Waals surface area contributed by atoms with Crippen molar-refractivity contribution in [3.63, 3.8) is 0 Å². The Labute approximate surface area is 150 Å². The van der Waals surface area contributed by atoms with Gasteiger partial charge in [-0.1, -0.05) is 12.1 Å². The number of ether oxygens (including phenoxy) is 1. The number of aromatic nitrogens is 1. The second-order valence-corrected chi connectivity index (χ2v) is 6.79. The van der Waals surface area contributed by atoms with Gasteiger partial charge in [0.2, 0.25) is 5.91 Å². The summed E-state index contributed by atoms with van der Waals surface area (Å²) in [6.45, 7) is 0.469. The fourth-order valence-electron chi connectivity index (χ4n) is 3.75. The zero-order valence-electron chi connectivity index (χ0n) is 13.9. The van der Waals surface area contributed by atoms with Gasteiger partial charge in [-0.3, -0.25) is 4.79 Å². The van der Waals surface area contributed by atoms with Gasteiger partial charge in [0.05, 0.1) is 5.92 Å². The summed E-state index contributed by atoms with van der Waals surface area (Å²) in [5, 5.41) is 2.97. The maximum atomic E-state index is 13.4. The number of amides is 1. The molecule has 2 heterocycles. The van der Waals surface area contributed by atoms with Crippen molar-refractivity contribution in [2.45, 2.75) is 18.6 Å². The van der Waals surface area contributed by atoms with E-state index >= 15 is 0 Å².